The highest BCUT2D eigenvalue weighted by Gasteiger charge is 2.12. The van der Waals surface area contributed by atoms with Gasteiger partial charge in [-0.25, -0.2) is 9.97 Å². The van der Waals surface area contributed by atoms with Gasteiger partial charge < -0.3 is 10.5 Å². The predicted molar refractivity (Wildman–Crippen MR) is 78.6 cm³/mol. The van der Waals surface area contributed by atoms with Gasteiger partial charge in [0, 0.05) is 0 Å². The molecule has 0 aliphatic carbocycles. The number of nitrogen functional groups attached to an aromatic ring is 1. The molecule has 4 nitrogen and oxygen atoms in total. The van der Waals surface area contributed by atoms with E-state index in [4.69, 9.17) is 10.5 Å². The van der Waals surface area contributed by atoms with Crippen LogP contribution in [0.25, 0.3) is 21.6 Å². The maximum atomic E-state index is 5.97. The van der Waals surface area contributed by atoms with Crippen molar-refractivity contribution in [3.05, 3.63) is 35.2 Å². The van der Waals surface area contributed by atoms with E-state index in [1.807, 2.05) is 36.6 Å². The zero-order chi connectivity index (χ0) is 13.4. The molecule has 3 aromatic rings. The van der Waals surface area contributed by atoms with E-state index in [-0.39, 0.29) is 0 Å². The zero-order valence-corrected chi connectivity index (χ0v) is 11.5. The number of fused-ring (bicyclic) bond motifs is 1. The van der Waals surface area contributed by atoms with Gasteiger partial charge in [-0.2, -0.15) is 0 Å². The fraction of sp³-hybridized carbons (Fsp3) is 0.143. The lowest BCUT2D eigenvalue weighted by atomic mass is 10.1. The first-order valence-electron chi connectivity index (χ1n) is 5.85. The van der Waals surface area contributed by atoms with Crippen molar-refractivity contribution in [2.24, 2.45) is 0 Å². The Hall–Kier alpha value is -2.14. The summed E-state index contributed by atoms with van der Waals surface area (Å²) in [5, 5.41) is 2.87. The number of benzene rings is 1. The fourth-order valence-corrected chi connectivity index (χ4v) is 2.75. The number of nitrogens with zero attached hydrogens (tertiary/aromatic N) is 2. The van der Waals surface area contributed by atoms with Crippen molar-refractivity contribution >= 4 is 27.4 Å². The van der Waals surface area contributed by atoms with E-state index in [0.29, 0.717) is 11.6 Å². The number of anilines is 1. The zero-order valence-electron chi connectivity index (χ0n) is 10.7. The van der Waals surface area contributed by atoms with Crippen LogP contribution in [0, 0.1) is 6.92 Å². The molecule has 1 aromatic carbocycles. The number of aryl methyl sites for hydroxylation is 1. The van der Waals surface area contributed by atoms with Crippen molar-refractivity contribution in [1.29, 1.82) is 0 Å². The molecule has 2 heterocycles. The van der Waals surface area contributed by atoms with Crippen LogP contribution in [0.3, 0.4) is 0 Å². The summed E-state index contributed by atoms with van der Waals surface area (Å²) < 4.78 is 5.40. The molecule has 0 saturated heterocycles. The van der Waals surface area contributed by atoms with Crippen LogP contribution < -0.4 is 10.5 Å². The number of methoxy groups -OCH3 is 1. The molecule has 2 N–H and O–H groups in total. The maximum absolute atomic E-state index is 5.97. The Bertz CT molecular complexity index is 752. The highest BCUT2D eigenvalue weighted by molar-refractivity contribution is 7.16. The third kappa shape index (κ3) is 2.02. The van der Waals surface area contributed by atoms with Gasteiger partial charge in [0.15, 0.2) is 5.82 Å². The van der Waals surface area contributed by atoms with Crippen LogP contribution >= 0.6 is 11.3 Å². The first kappa shape index (κ1) is 11.9. The Morgan fingerprint density at radius 3 is 2.84 bits per heavy atom. The molecule has 0 fully saturated rings. The van der Waals surface area contributed by atoms with E-state index in [9.17, 15) is 0 Å². The standard InChI is InChI=1S/C14H13N3OS/c1-8-3-4-9(11(7-8)18-2)13-16-12(15)10-5-6-19-14(10)17-13/h3-7H,1-2H3,(H2,15,16,17). The topological polar surface area (TPSA) is 61.0 Å². The fourth-order valence-electron chi connectivity index (χ4n) is 1.98. The lowest BCUT2D eigenvalue weighted by Crippen LogP contribution is -1.98. The maximum Gasteiger partial charge on any atom is 0.166 e. The van der Waals surface area contributed by atoms with Crippen LogP contribution in [0.2, 0.25) is 0 Å². The van der Waals surface area contributed by atoms with Crippen molar-refractivity contribution in [2.75, 3.05) is 12.8 Å². The van der Waals surface area contributed by atoms with E-state index in [1.54, 1.807) is 18.4 Å². The second kappa shape index (κ2) is 4.51. The average molecular weight is 271 g/mol. The number of nitrogens with two attached hydrogens (primary N) is 1. The van der Waals surface area contributed by atoms with E-state index in [2.05, 4.69) is 9.97 Å². The molecule has 0 spiro atoms. The van der Waals surface area contributed by atoms with E-state index in [0.717, 1.165) is 27.1 Å². The van der Waals surface area contributed by atoms with Crippen LogP contribution in [-0.4, -0.2) is 17.1 Å². The summed E-state index contributed by atoms with van der Waals surface area (Å²) in [5.41, 5.74) is 7.96. The first-order chi connectivity index (χ1) is 9.19. The molecule has 0 aliphatic rings. The van der Waals surface area contributed by atoms with Gasteiger partial charge in [-0.3, -0.25) is 0 Å². The molecule has 0 amide bonds. The van der Waals surface area contributed by atoms with Crippen LogP contribution in [-0.2, 0) is 0 Å². The monoisotopic (exact) mass is 271 g/mol. The number of ether oxygens (including phenoxy) is 1. The molecule has 0 saturated carbocycles. The van der Waals surface area contributed by atoms with Gasteiger partial charge in [-0.05, 0) is 36.1 Å². The van der Waals surface area contributed by atoms with Crippen LogP contribution in [0.1, 0.15) is 5.56 Å². The van der Waals surface area contributed by atoms with E-state index < -0.39 is 0 Å². The Morgan fingerprint density at radius 1 is 1.21 bits per heavy atom. The van der Waals surface area contributed by atoms with Crippen LogP contribution in [0.15, 0.2) is 29.6 Å². The van der Waals surface area contributed by atoms with Crippen molar-refractivity contribution in [2.45, 2.75) is 6.92 Å². The molecular weight excluding hydrogens is 258 g/mol. The van der Waals surface area contributed by atoms with E-state index >= 15 is 0 Å². The predicted octanol–water partition coefficient (Wildman–Crippen LogP) is 3.26. The van der Waals surface area contributed by atoms with Crippen LogP contribution in [0.4, 0.5) is 5.82 Å². The van der Waals surface area contributed by atoms with Gasteiger partial charge in [-0.15, -0.1) is 11.3 Å². The number of thiophene rings is 1. The third-order valence-electron chi connectivity index (χ3n) is 2.95. The molecule has 0 bridgehead atoms. The van der Waals surface area contributed by atoms with Gasteiger partial charge in [0.05, 0.1) is 18.1 Å². The molecule has 2 aromatic heterocycles. The Labute approximate surface area is 114 Å². The molecule has 0 aliphatic heterocycles. The quantitative estimate of drug-likeness (QED) is 0.777. The Kier molecular flexibility index (Phi) is 2.83. The van der Waals surface area contributed by atoms with Crippen molar-refractivity contribution in [1.82, 2.24) is 9.97 Å². The third-order valence-corrected chi connectivity index (χ3v) is 3.76. The molecule has 19 heavy (non-hydrogen) atoms. The molecule has 0 unspecified atom stereocenters. The lowest BCUT2D eigenvalue weighted by Gasteiger charge is -2.09. The number of hydrogen-bond acceptors (Lipinski definition) is 5. The van der Waals surface area contributed by atoms with Crippen molar-refractivity contribution < 1.29 is 4.74 Å². The molecule has 0 atom stereocenters. The molecule has 3 rings (SSSR count). The highest BCUT2D eigenvalue weighted by Crippen LogP contribution is 2.32. The van der Waals surface area contributed by atoms with Gasteiger partial charge in [0.25, 0.3) is 0 Å². The van der Waals surface area contributed by atoms with Gasteiger partial charge in [0.2, 0.25) is 0 Å². The minimum atomic E-state index is 0.504. The molecule has 0 radical (unpaired) electrons. The van der Waals surface area contributed by atoms with Crippen LogP contribution in [0.5, 0.6) is 5.75 Å². The first-order valence-corrected chi connectivity index (χ1v) is 6.72. The summed E-state index contributed by atoms with van der Waals surface area (Å²) in [7, 11) is 1.64. The van der Waals surface area contributed by atoms with Gasteiger partial charge in [-0.1, -0.05) is 6.07 Å². The van der Waals surface area contributed by atoms with Crippen molar-refractivity contribution in [3.8, 4) is 17.1 Å². The average Bonchev–Trinajstić information content (AvgIpc) is 2.87. The van der Waals surface area contributed by atoms with Crippen molar-refractivity contribution in [3.63, 3.8) is 0 Å². The summed E-state index contributed by atoms with van der Waals surface area (Å²) in [6, 6.07) is 7.87. The summed E-state index contributed by atoms with van der Waals surface area (Å²) in [4.78, 5) is 9.82. The van der Waals surface area contributed by atoms with E-state index in [1.165, 1.54) is 0 Å². The largest absolute Gasteiger partial charge is 0.496 e. The summed E-state index contributed by atoms with van der Waals surface area (Å²) in [5.74, 6) is 1.86. The molecular formula is C14H13N3OS. The number of hydrogen-bond donors (Lipinski definition) is 1. The summed E-state index contributed by atoms with van der Waals surface area (Å²) in [6.45, 7) is 2.02. The smallest absolute Gasteiger partial charge is 0.166 e. The highest BCUT2D eigenvalue weighted by atomic mass is 32.1. The lowest BCUT2D eigenvalue weighted by molar-refractivity contribution is 0.416. The van der Waals surface area contributed by atoms with Gasteiger partial charge in [0.1, 0.15) is 16.4 Å². The molecule has 96 valence electrons. The SMILES string of the molecule is COc1cc(C)ccc1-c1nc(N)c2ccsc2n1. The minimum Gasteiger partial charge on any atom is -0.496 e. The normalized spacial score (nSPS) is 10.8. The molecule has 5 heteroatoms. The Morgan fingerprint density at radius 2 is 2.05 bits per heavy atom. The number of rotatable bonds is 2. The van der Waals surface area contributed by atoms with Gasteiger partial charge >= 0.3 is 0 Å². The second-order valence-corrected chi connectivity index (χ2v) is 5.17. The summed E-state index contributed by atoms with van der Waals surface area (Å²) >= 11 is 1.55. The summed E-state index contributed by atoms with van der Waals surface area (Å²) in [6.07, 6.45) is 0. The minimum absolute atomic E-state index is 0.504. The Balaban J connectivity index is 2.23. The number of aromatic nitrogens is 2. The second-order valence-electron chi connectivity index (χ2n) is 4.28.